The minimum Gasteiger partial charge on any atom is -0.478 e. The van der Waals surface area contributed by atoms with Crippen LogP contribution < -0.4 is 0 Å². The van der Waals surface area contributed by atoms with Crippen LogP contribution in [0.5, 0.6) is 0 Å². The van der Waals surface area contributed by atoms with E-state index in [4.69, 9.17) is 5.11 Å². The van der Waals surface area contributed by atoms with Gasteiger partial charge in [0.2, 0.25) is 0 Å². The molecule has 0 atom stereocenters. The van der Waals surface area contributed by atoms with Crippen molar-refractivity contribution in [3.05, 3.63) is 47.7 Å². The predicted octanol–water partition coefficient (Wildman–Crippen LogP) is 2.98. The Morgan fingerprint density at radius 1 is 1.41 bits per heavy atom. The van der Waals surface area contributed by atoms with Crippen LogP contribution >= 0.6 is 0 Å². The topological polar surface area (TPSA) is 42.2 Å². The molecule has 0 amide bonds. The van der Waals surface area contributed by atoms with Gasteiger partial charge in [-0.1, -0.05) is 12.1 Å². The minimum atomic E-state index is -0.893. The Kier molecular flexibility index (Phi) is 3.00. The van der Waals surface area contributed by atoms with Gasteiger partial charge >= 0.3 is 5.97 Å². The van der Waals surface area contributed by atoms with Gasteiger partial charge in [-0.25, -0.2) is 4.79 Å². The van der Waals surface area contributed by atoms with Gasteiger partial charge in [0.1, 0.15) is 0 Å². The number of nitrogens with zero attached hydrogens (tertiary/aromatic N) is 1. The molecular weight excluding hydrogens is 214 g/mol. The molecule has 1 aromatic carbocycles. The maximum atomic E-state index is 10.6. The molecule has 0 fully saturated rings. The van der Waals surface area contributed by atoms with Crippen molar-refractivity contribution in [2.24, 2.45) is 0 Å². The average molecular weight is 229 g/mol. The molecule has 0 saturated heterocycles. The third-order valence-corrected chi connectivity index (χ3v) is 2.82. The second-order valence-corrected chi connectivity index (χ2v) is 4.28. The first-order valence-corrected chi connectivity index (χ1v) is 5.52. The number of fused-ring (bicyclic) bond motifs is 1. The van der Waals surface area contributed by atoms with Gasteiger partial charge in [-0.15, -0.1) is 0 Å². The highest BCUT2D eigenvalue weighted by molar-refractivity contribution is 5.84. The van der Waals surface area contributed by atoms with Crippen LogP contribution in [0.3, 0.4) is 0 Å². The van der Waals surface area contributed by atoms with Crippen molar-refractivity contribution < 1.29 is 9.90 Å². The first kappa shape index (κ1) is 11.5. The molecule has 0 saturated carbocycles. The van der Waals surface area contributed by atoms with Crippen molar-refractivity contribution in [2.75, 3.05) is 0 Å². The van der Waals surface area contributed by atoms with E-state index in [0.717, 1.165) is 11.1 Å². The summed E-state index contributed by atoms with van der Waals surface area (Å²) in [5.74, 6) is -0.893. The molecule has 3 nitrogen and oxygen atoms in total. The van der Waals surface area contributed by atoms with Crippen molar-refractivity contribution in [1.82, 2.24) is 4.57 Å². The van der Waals surface area contributed by atoms with Crippen LogP contribution in [0.15, 0.2) is 42.1 Å². The van der Waals surface area contributed by atoms with E-state index in [9.17, 15) is 4.79 Å². The lowest BCUT2D eigenvalue weighted by Gasteiger charge is -2.05. The molecule has 2 aromatic rings. The second kappa shape index (κ2) is 4.45. The number of aryl methyl sites for hydroxylation is 1. The Morgan fingerprint density at radius 2 is 2.18 bits per heavy atom. The molecular formula is C14H15NO2. The van der Waals surface area contributed by atoms with Crippen molar-refractivity contribution >= 4 is 16.9 Å². The minimum absolute atomic E-state index is 0.610. The van der Waals surface area contributed by atoms with Crippen LogP contribution in [0.2, 0.25) is 0 Å². The van der Waals surface area contributed by atoms with E-state index < -0.39 is 5.97 Å². The number of allylic oxidation sites excluding steroid dienone is 1. The average Bonchev–Trinajstić information content (AvgIpc) is 2.62. The molecule has 1 N–H and O–H groups in total. The third kappa shape index (κ3) is 2.38. The number of carboxylic acid groups (broad SMARTS) is 1. The lowest BCUT2D eigenvalue weighted by molar-refractivity contribution is -0.131. The number of carbonyl (C=O) groups is 1. The van der Waals surface area contributed by atoms with E-state index >= 15 is 0 Å². The summed E-state index contributed by atoms with van der Waals surface area (Å²) >= 11 is 0. The smallest absolute Gasteiger partial charge is 0.328 e. The molecule has 88 valence electrons. The molecule has 0 radical (unpaired) electrons. The highest BCUT2D eigenvalue weighted by Gasteiger charge is 2.03. The van der Waals surface area contributed by atoms with Crippen LogP contribution in [0.4, 0.5) is 0 Å². The van der Waals surface area contributed by atoms with Gasteiger partial charge in [0, 0.05) is 29.7 Å². The summed E-state index contributed by atoms with van der Waals surface area (Å²) in [6.45, 7) is 4.52. The summed E-state index contributed by atoms with van der Waals surface area (Å²) in [4.78, 5) is 10.6. The molecule has 3 heteroatoms. The van der Waals surface area contributed by atoms with Crippen LogP contribution in [-0.4, -0.2) is 15.6 Å². The summed E-state index contributed by atoms with van der Waals surface area (Å²) in [6.07, 6.45) is 3.25. The first-order chi connectivity index (χ1) is 8.08. The fourth-order valence-corrected chi connectivity index (χ4v) is 2.04. The predicted molar refractivity (Wildman–Crippen MR) is 68.1 cm³/mol. The molecule has 0 aliphatic carbocycles. The number of hydrogen-bond donors (Lipinski definition) is 1. The van der Waals surface area contributed by atoms with Crippen LogP contribution in [0, 0.1) is 6.92 Å². The normalized spacial score (nSPS) is 12.0. The number of rotatable bonds is 3. The quantitative estimate of drug-likeness (QED) is 0.822. The van der Waals surface area contributed by atoms with E-state index in [2.05, 4.69) is 29.7 Å². The van der Waals surface area contributed by atoms with E-state index in [0.29, 0.717) is 6.54 Å². The lowest BCUT2D eigenvalue weighted by atomic mass is 10.1. The number of benzene rings is 1. The van der Waals surface area contributed by atoms with Crippen molar-refractivity contribution in [2.45, 2.75) is 20.4 Å². The number of hydrogen-bond acceptors (Lipinski definition) is 1. The van der Waals surface area contributed by atoms with E-state index in [1.165, 1.54) is 17.0 Å². The van der Waals surface area contributed by atoms with Crippen LogP contribution in [-0.2, 0) is 11.3 Å². The monoisotopic (exact) mass is 229 g/mol. The van der Waals surface area contributed by atoms with Crippen LogP contribution in [0.25, 0.3) is 10.9 Å². The maximum absolute atomic E-state index is 10.6. The zero-order chi connectivity index (χ0) is 12.4. The van der Waals surface area contributed by atoms with E-state index in [-0.39, 0.29) is 0 Å². The van der Waals surface area contributed by atoms with E-state index in [1.54, 1.807) is 0 Å². The standard InChI is InChI=1S/C14H15NO2/c1-10(8-14(16)17)9-15-7-6-12-11(2)4-3-5-13(12)15/h3-8H,9H2,1-2H3,(H,16,17). The van der Waals surface area contributed by atoms with Gasteiger partial charge in [0.15, 0.2) is 0 Å². The Bertz CT molecular complexity index is 593. The molecule has 0 bridgehead atoms. The van der Waals surface area contributed by atoms with Gasteiger partial charge in [0.05, 0.1) is 0 Å². The lowest BCUT2D eigenvalue weighted by Crippen LogP contribution is -1.99. The third-order valence-electron chi connectivity index (χ3n) is 2.82. The highest BCUT2D eigenvalue weighted by Crippen LogP contribution is 2.20. The molecule has 0 spiro atoms. The summed E-state index contributed by atoms with van der Waals surface area (Å²) in [5, 5.41) is 9.90. The Hall–Kier alpha value is -2.03. The second-order valence-electron chi connectivity index (χ2n) is 4.28. The van der Waals surface area contributed by atoms with Crippen molar-refractivity contribution in [3.8, 4) is 0 Å². The Morgan fingerprint density at radius 3 is 2.88 bits per heavy atom. The molecule has 0 aliphatic heterocycles. The molecule has 17 heavy (non-hydrogen) atoms. The Balaban J connectivity index is 2.38. The number of aliphatic carboxylic acids is 1. The summed E-state index contributed by atoms with van der Waals surface area (Å²) in [7, 11) is 0. The van der Waals surface area contributed by atoms with E-state index in [1.807, 2.05) is 19.2 Å². The summed E-state index contributed by atoms with van der Waals surface area (Å²) in [6, 6.07) is 8.21. The molecule has 0 unspecified atom stereocenters. The van der Waals surface area contributed by atoms with Crippen molar-refractivity contribution in [3.63, 3.8) is 0 Å². The molecule has 0 aliphatic rings. The Labute approximate surface area is 100.0 Å². The fraction of sp³-hybridized carbons (Fsp3) is 0.214. The van der Waals surface area contributed by atoms with Gasteiger partial charge in [-0.05, 0) is 37.1 Å². The number of aromatic nitrogens is 1. The van der Waals surface area contributed by atoms with Gasteiger partial charge in [-0.3, -0.25) is 0 Å². The zero-order valence-corrected chi connectivity index (χ0v) is 9.97. The largest absolute Gasteiger partial charge is 0.478 e. The first-order valence-electron chi connectivity index (χ1n) is 5.52. The zero-order valence-electron chi connectivity index (χ0n) is 9.97. The number of carboxylic acids is 1. The fourth-order valence-electron chi connectivity index (χ4n) is 2.04. The highest BCUT2D eigenvalue weighted by atomic mass is 16.4. The van der Waals surface area contributed by atoms with Crippen molar-refractivity contribution in [1.29, 1.82) is 0 Å². The maximum Gasteiger partial charge on any atom is 0.328 e. The molecule has 1 aromatic heterocycles. The van der Waals surface area contributed by atoms with Gasteiger partial charge in [0.25, 0.3) is 0 Å². The SMILES string of the molecule is CC(=CC(=O)O)Cn1ccc2c(C)cccc21. The summed E-state index contributed by atoms with van der Waals surface area (Å²) in [5.41, 5.74) is 3.21. The molecule has 1 heterocycles. The van der Waals surface area contributed by atoms with Gasteiger partial charge < -0.3 is 9.67 Å². The van der Waals surface area contributed by atoms with Gasteiger partial charge in [-0.2, -0.15) is 0 Å². The van der Waals surface area contributed by atoms with Crippen LogP contribution in [0.1, 0.15) is 12.5 Å². The molecule has 2 rings (SSSR count). The summed E-state index contributed by atoms with van der Waals surface area (Å²) < 4.78 is 2.07.